The minimum Gasteiger partial charge on any atom is -0.508 e. The van der Waals surface area contributed by atoms with Gasteiger partial charge in [0.15, 0.2) is 0 Å². The predicted molar refractivity (Wildman–Crippen MR) is 161 cm³/mol. The van der Waals surface area contributed by atoms with Gasteiger partial charge in [-0.15, -0.1) is 0 Å². The van der Waals surface area contributed by atoms with Gasteiger partial charge in [0, 0.05) is 6.42 Å². The van der Waals surface area contributed by atoms with Crippen LogP contribution in [0.15, 0.2) is 54.6 Å². The number of carbonyl (C=O) groups is 5. The zero-order valence-electron chi connectivity index (χ0n) is 24.0. The average molecular weight is 601 g/mol. The average Bonchev–Trinajstić information content (AvgIpc) is 2.94. The maximum atomic E-state index is 13.1. The van der Waals surface area contributed by atoms with Crippen molar-refractivity contribution in [1.29, 1.82) is 0 Å². The molecule has 0 aliphatic rings. The number of amides is 5. The topological polar surface area (TPSA) is 206 Å². The van der Waals surface area contributed by atoms with Gasteiger partial charge < -0.3 is 37.8 Å². The van der Waals surface area contributed by atoms with Gasteiger partial charge in [-0.1, -0.05) is 42.5 Å². The highest BCUT2D eigenvalue weighted by molar-refractivity contribution is 7.98. The van der Waals surface area contributed by atoms with Gasteiger partial charge in [0.25, 0.3) is 0 Å². The number of phenolic OH excluding ortho intramolecular Hbond substituents is 1. The van der Waals surface area contributed by atoms with E-state index in [1.165, 1.54) is 37.7 Å². The quantitative estimate of drug-likeness (QED) is 0.136. The first kappa shape index (κ1) is 34.1. The summed E-state index contributed by atoms with van der Waals surface area (Å²) in [4.78, 5) is 63.2. The molecule has 13 heteroatoms. The zero-order valence-corrected chi connectivity index (χ0v) is 24.8. The number of phenols is 1. The van der Waals surface area contributed by atoms with Gasteiger partial charge in [-0.2, -0.15) is 11.8 Å². The summed E-state index contributed by atoms with van der Waals surface area (Å²) in [7, 11) is 0. The van der Waals surface area contributed by atoms with Crippen LogP contribution >= 0.6 is 11.8 Å². The SMILES string of the molecule is CSCC[C@H](NC(=O)[C@H](Cc1ccccc1)NC(=O)CNC(=O)C(C)(C)NC(=O)[C@@H](N)Cc1ccc(O)cc1)C(N)=O. The summed E-state index contributed by atoms with van der Waals surface area (Å²) in [5.74, 6) is -2.43. The molecule has 5 amide bonds. The maximum absolute atomic E-state index is 13.1. The molecule has 0 unspecified atom stereocenters. The van der Waals surface area contributed by atoms with Crippen LogP contribution in [0.25, 0.3) is 0 Å². The lowest BCUT2D eigenvalue weighted by Crippen LogP contribution is -2.59. The van der Waals surface area contributed by atoms with Crippen LogP contribution in [0, 0.1) is 0 Å². The summed E-state index contributed by atoms with van der Waals surface area (Å²) < 4.78 is 0. The molecule has 0 bridgehead atoms. The number of nitrogens with one attached hydrogen (secondary N) is 4. The molecule has 0 aliphatic heterocycles. The molecule has 9 N–H and O–H groups in total. The van der Waals surface area contributed by atoms with Crippen molar-refractivity contribution in [2.75, 3.05) is 18.6 Å². The van der Waals surface area contributed by atoms with Crippen LogP contribution in [-0.2, 0) is 36.8 Å². The normalized spacial score (nSPS) is 13.2. The molecule has 12 nitrogen and oxygen atoms in total. The largest absolute Gasteiger partial charge is 0.508 e. The third-order valence-electron chi connectivity index (χ3n) is 6.35. The Morgan fingerprint density at radius 2 is 1.50 bits per heavy atom. The molecule has 0 fully saturated rings. The molecule has 0 saturated heterocycles. The Morgan fingerprint density at radius 1 is 0.881 bits per heavy atom. The molecule has 0 aliphatic carbocycles. The van der Waals surface area contributed by atoms with Crippen LogP contribution < -0.4 is 32.7 Å². The van der Waals surface area contributed by atoms with Crippen molar-refractivity contribution in [3.63, 3.8) is 0 Å². The van der Waals surface area contributed by atoms with E-state index >= 15 is 0 Å². The van der Waals surface area contributed by atoms with Gasteiger partial charge in [-0.05, 0) is 62.0 Å². The van der Waals surface area contributed by atoms with Crippen LogP contribution in [0.5, 0.6) is 5.75 Å². The Labute approximate surface area is 249 Å². The minimum atomic E-state index is -1.41. The van der Waals surface area contributed by atoms with E-state index in [4.69, 9.17) is 11.5 Å². The van der Waals surface area contributed by atoms with E-state index in [0.29, 0.717) is 12.2 Å². The summed E-state index contributed by atoms with van der Waals surface area (Å²) in [6.45, 7) is 2.47. The highest BCUT2D eigenvalue weighted by Crippen LogP contribution is 2.12. The summed E-state index contributed by atoms with van der Waals surface area (Å²) in [6, 6.07) is 12.4. The fraction of sp³-hybridized carbons (Fsp3) is 0.414. The van der Waals surface area contributed by atoms with Crippen molar-refractivity contribution >= 4 is 41.3 Å². The summed E-state index contributed by atoms with van der Waals surface area (Å²) >= 11 is 1.50. The Kier molecular flexibility index (Phi) is 13.3. The standard InChI is InChI=1S/C29H40N6O6S/c1-29(2,35-26(39)21(30)15-19-9-11-20(36)12-10-19)28(41)32-17-24(37)33-23(16-18-7-5-4-6-8-18)27(40)34-22(25(31)38)13-14-42-3/h4-12,21-23,36H,13-17,30H2,1-3H3,(H2,31,38)(H,32,41)(H,33,37)(H,34,40)(H,35,39)/t21-,22-,23-/m0/s1. The van der Waals surface area contributed by atoms with Crippen molar-refractivity contribution in [2.24, 2.45) is 11.5 Å². The number of carbonyl (C=O) groups excluding carboxylic acids is 5. The van der Waals surface area contributed by atoms with E-state index < -0.39 is 59.7 Å². The second-order valence-electron chi connectivity index (χ2n) is 10.3. The number of rotatable bonds is 16. The monoisotopic (exact) mass is 600 g/mol. The number of thioether (sulfide) groups is 1. The first-order chi connectivity index (χ1) is 19.8. The zero-order chi connectivity index (χ0) is 31.3. The summed E-state index contributed by atoms with van der Waals surface area (Å²) in [5.41, 5.74) is 11.6. The molecular formula is C29H40N6O6S. The van der Waals surface area contributed by atoms with Crippen LogP contribution in [0.4, 0.5) is 0 Å². The van der Waals surface area contributed by atoms with Gasteiger partial charge in [-0.3, -0.25) is 24.0 Å². The van der Waals surface area contributed by atoms with E-state index in [2.05, 4.69) is 21.3 Å². The van der Waals surface area contributed by atoms with Crippen LogP contribution in [0.2, 0.25) is 0 Å². The molecule has 2 aromatic rings. The number of hydrogen-bond acceptors (Lipinski definition) is 8. The number of nitrogens with two attached hydrogens (primary N) is 2. The molecule has 0 spiro atoms. The fourth-order valence-electron chi connectivity index (χ4n) is 3.92. The second-order valence-corrected chi connectivity index (χ2v) is 11.3. The molecule has 0 radical (unpaired) electrons. The highest BCUT2D eigenvalue weighted by Gasteiger charge is 2.32. The second kappa shape index (κ2) is 16.4. The number of primary amides is 1. The molecule has 2 aromatic carbocycles. The van der Waals surface area contributed by atoms with Crippen LogP contribution in [0.3, 0.4) is 0 Å². The fourth-order valence-corrected chi connectivity index (χ4v) is 4.39. The third-order valence-corrected chi connectivity index (χ3v) is 6.99. The van der Waals surface area contributed by atoms with E-state index in [1.54, 1.807) is 36.4 Å². The molecule has 2 rings (SSSR count). The van der Waals surface area contributed by atoms with Crippen LogP contribution in [0.1, 0.15) is 31.4 Å². The van der Waals surface area contributed by atoms with Crippen molar-refractivity contribution in [1.82, 2.24) is 21.3 Å². The summed E-state index contributed by atoms with van der Waals surface area (Å²) in [6.07, 6.45) is 2.53. The molecule has 228 valence electrons. The number of benzene rings is 2. The first-order valence-corrected chi connectivity index (χ1v) is 14.8. The molecule has 42 heavy (non-hydrogen) atoms. The van der Waals surface area contributed by atoms with Gasteiger partial charge >= 0.3 is 0 Å². The van der Waals surface area contributed by atoms with Gasteiger partial charge in [0.05, 0.1) is 12.6 Å². The Hall–Kier alpha value is -4.10. The molecular weight excluding hydrogens is 560 g/mol. The molecule has 3 atom stereocenters. The summed E-state index contributed by atoms with van der Waals surface area (Å²) in [5, 5.41) is 19.7. The van der Waals surface area contributed by atoms with E-state index in [-0.39, 0.29) is 18.6 Å². The highest BCUT2D eigenvalue weighted by atomic mass is 32.2. The van der Waals surface area contributed by atoms with Gasteiger partial charge in [0.2, 0.25) is 29.5 Å². The van der Waals surface area contributed by atoms with Crippen molar-refractivity contribution in [3.05, 3.63) is 65.7 Å². The lowest BCUT2D eigenvalue weighted by atomic mass is 10.0. The van der Waals surface area contributed by atoms with Crippen molar-refractivity contribution in [2.45, 2.75) is 56.8 Å². The predicted octanol–water partition coefficient (Wildman–Crippen LogP) is -0.276. The lowest BCUT2D eigenvalue weighted by Gasteiger charge is -2.27. The minimum absolute atomic E-state index is 0.0895. The van der Waals surface area contributed by atoms with Crippen molar-refractivity contribution < 1.29 is 29.1 Å². The first-order valence-electron chi connectivity index (χ1n) is 13.4. The Morgan fingerprint density at radius 3 is 2.10 bits per heavy atom. The van der Waals surface area contributed by atoms with Gasteiger partial charge in [-0.25, -0.2) is 0 Å². The third kappa shape index (κ3) is 11.4. The molecule has 0 aromatic heterocycles. The Bertz CT molecular complexity index is 1220. The Balaban J connectivity index is 1.98. The number of aromatic hydroxyl groups is 1. The van der Waals surface area contributed by atoms with Crippen LogP contribution in [-0.4, -0.2) is 76.9 Å². The van der Waals surface area contributed by atoms with E-state index in [9.17, 15) is 29.1 Å². The van der Waals surface area contributed by atoms with Gasteiger partial charge in [0.1, 0.15) is 23.4 Å². The van der Waals surface area contributed by atoms with Crippen molar-refractivity contribution in [3.8, 4) is 5.75 Å². The molecule has 0 saturated carbocycles. The van der Waals surface area contributed by atoms with E-state index in [1.807, 2.05) is 12.3 Å². The van der Waals surface area contributed by atoms with E-state index in [0.717, 1.165) is 11.1 Å². The number of hydrogen-bond donors (Lipinski definition) is 7. The molecule has 0 heterocycles. The smallest absolute Gasteiger partial charge is 0.245 e. The lowest BCUT2D eigenvalue weighted by molar-refractivity contribution is -0.134. The maximum Gasteiger partial charge on any atom is 0.245 e.